The van der Waals surface area contributed by atoms with Crippen molar-refractivity contribution < 1.29 is 4.74 Å². The lowest BCUT2D eigenvalue weighted by Crippen LogP contribution is -2.23. The molecule has 1 fully saturated rings. The highest BCUT2D eigenvalue weighted by Crippen LogP contribution is 2.10. The van der Waals surface area contributed by atoms with Crippen LogP contribution in [-0.4, -0.2) is 29.7 Å². The van der Waals surface area contributed by atoms with Crippen LogP contribution in [0.25, 0.3) is 0 Å². The van der Waals surface area contributed by atoms with Crippen LogP contribution in [0.2, 0.25) is 0 Å². The molecule has 4 heteroatoms. The maximum atomic E-state index is 5.29. The van der Waals surface area contributed by atoms with Crippen molar-refractivity contribution in [1.29, 1.82) is 0 Å². The average molecular weight is 193 g/mol. The Kier molecular flexibility index (Phi) is 3.43. The lowest BCUT2D eigenvalue weighted by atomic mass is 10.1. The molecule has 0 aliphatic carbocycles. The SMILES string of the molecule is c1cnc(CNCC2CCOC2)nc1. The molecule has 0 aromatic carbocycles. The van der Waals surface area contributed by atoms with Crippen molar-refractivity contribution >= 4 is 0 Å². The number of hydrogen-bond donors (Lipinski definition) is 1. The fraction of sp³-hybridized carbons (Fsp3) is 0.600. The van der Waals surface area contributed by atoms with E-state index in [9.17, 15) is 0 Å². The molecule has 1 saturated heterocycles. The Labute approximate surface area is 83.7 Å². The van der Waals surface area contributed by atoms with E-state index in [-0.39, 0.29) is 0 Å². The molecule has 76 valence electrons. The van der Waals surface area contributed by atoms with Crippen LogP contribution in [0.4, 0.5) is 0 Å². The summed E-state index contributed by atoms with van der Waals surface area (Å²) in [5, 5.41) is 3.34. The zero-order valence-electron chi connectivity index (χ0n) is 8.15. The monoisotopic (exact) mass is 193 g/mol. The third-order valence-electron chi connectivity index (χ3n) is 2.36. The molecule has 1 aromatic rings. The normalized spacial score (nSPS) is 21.3. The molecule has 1 aliphatic rings. The number of rotatable bonds is 4. The molecule has 2 rings (SSSR count). The highest BCUT2D eigenvalue weighted by Gasteiger charge is 2.14. The number of nitrogens with one attached hydrogen (secondary N) is 1. The largest absolute Gasteiger partial charge is 0.381 e. The van der Waals surface area contributed by atoms with Crippen molar-refractivity contribution in [2.75, 3.05) is 19.8 Å². The van der Waals surface area contributed by atoms with Gasteiger partial charge in [0.15, 0.2) is 0 Å². The van der Waals surface area contributed by atoms with Gasteiger partial charge in [-0.3, -0.25) is 0 Å². The maximum absolute atomic E-state index is 5.29. The van der Waals surface area contributed by atoms with Crippen molar-refractivity contribution in [3.8, 4) is 0 Å². The summed E-state index contributed by atoms with van der Waals surface area (Å²) in [6.45, 7) is 3.55. The molecule has 2 heterocycles. The Bertz CT molecular complexity index is 259. The number of ether oxygens (including phenoxy) is 1. The zero-order valence-corrected chi connectivity index (χ0v) is 8.15. The first-order chi connectivity index (χ1) is 6.95. The first-order valence-electron chi connectivity index (χ1n) is 4.99. The van der Waals surface area contributed by atoms with E-state index in [1.165, 1.54) is 6.42 Å². The average Bonchev–Trinajstić information content (AvgIpc) is 2.72. The predicted octanol–water partition coefficient (Wildman–Crippen LogP) is 0.603. The van der Waals surface area contributed by atoms with Crippen LogP contribution in [0.1, 0.15) is 12.2 Å². The first kappa shape index (κ1) is 9.55. The summed E-state index contributed by atoms with van der Waals surface area (Å²) in [6, 6.07) is 1.83. The van der Waals surface area contributed by atoms with E-state index in [2.05, 4.69) is 15.3 Å². The minimum absolute atomic E-state index is 0.665. The van der Waals surface area contributed by atoms with E-state index in [1.807, 2.05) is 6.07 Å². The van der Waals surface area contributed by atoms with E-state index in [0.29, 0.717) is 5.92 Å². The van der Waals surface area contributed by atoms with E-state index < -0.39 is 0 Å². The van der Waals surface area contributed by atoms with Crippen molar-refractivity contribution in [1.82, 2.24) is 15.3 Å². The smallest absolute Gasteiger partial charge is 0.141 e. The van der Waals surface area contributed by atoms with Gasteiger partial charge >= 0.3 is 0 Å². The number of hydrogen-bond acceptors (Lipinski definition) is 4. The van der Waals surface area contributed by atoms with Crippen LogP contribution < -0.4 is 5.32 Å². The van der Waals surface area contributed by atoms with Gasteiger partial charge in [-0.1, -0.05) is 0 Å². The summed E-state index contributed by atoms with van der Waals surface area (Å²) in [4.78, 5) is 8.28. The summed E-state index contributed by atoms with van der Waals surface area (Å²) in [7, 11) is 0. The topological polar surface area (TPSA) is 47.0 Å². The van der Waals surface area contributed by atoms with Crippen molar-refractivity contribution in [2.24, 2.45) is 5.92 Å². The molecule has 1 atom stereocenters. The Morgan fingerprint density at radius 1 is 1.43 bits per heavy atom. The second kappa shape index (κ2) is 5.02. The van der Waals surface area contributed by atoms with Gasteiger partial charge in [-0.2, -0.15) is 0 Å². The van der Waals surface area contributed by atoms with Crippen molar-refractivity contribution in [3.05, 3.63) is 24.3 Å². The molecular formula is C10H15N3O. The lowest BCUT2D eigenvalue weighted by Gasteiger charge is -2.07. The molecule has 0 spiro atoms. The molecule has 1 aliphatic heterocycles. The molecule has 1 N–H and O–H groups in total. The Morgan fingerprint density at radius 3 is 3.00 bits per heavy atom. The molecule has 0 saturated carbocycles. The van der Waals surface area contributed by atoms with E-state index in [1.54, 1.807) is 12.4 Å². The van der Waals surface area contributed by atoms with Gasteiger partial charge in [0.2, 0.25) is 0 Å². The Hall–Kier alpha value is -1.00. The highest BCUT2D eigenvalue weighted by molar-refractivity contribution is 4.87. The van der Waals surface area contributed by atoms with Crippen molar-refractivity contribution in [2.45, 2.75) is 13.0 Å². The van der Waals surface area contributed by atoms with Gasteiger partial charge in [0.1, 0.15) is 5.82 Å². The lowest BCUT2D eigenvalue weighted by molar-refractivity contribution is 0.185. The van der Waals surface area contributed by atoms with Crippen molar-refractivity contribution in [3.63, 3.8) is 0 Å². The third-order valence-corrected chi connectivity index (χ3v) is 2.36. The fourth-order valence-corrected chi connectivity index (χ4v) is 1.55. The van der Waals surface area contributed by atoms with Gasteiger partial charge in [0.05, 0.1) is 13.2 Å². The molecule has 1 unspecified atom stereocenters. The van der Waals surface area contributed by atoms with E-state index >= 15 is 0 Å². The van der Waals surface area contributed by atoms with E-state index in [4.69, 9.17) is 4.74 Å². The molecule has 14 heavy (non-hydrogen) atoms. The zero-order chi connectivity index (χ0) is 9.64. The Balaban J connectivity index is 1.67. The van der Waals surface area contributed by atoms with Crippen LogP contribution >= 0.6 is 0 Å². The fourth-order valence-electron chi connectivity index (χ4n) is 1.55. The predicted molar refractivity (Wildman–Crippen MR) is 52.7 cm³/mol. The van der Waals surface area contributed by atoms with Crippen LogP contribution in [0, 0.1) is 5.92 Å². The van der Waals surface area contributed by atoms with Gasteiger partial charge in [-0.25, -0.2) is 9.97 Å². The van der Waals surface area contributed by atoms with Gasteiger partial charge in [0, 0.05) is 25.5 Å². The van der Waals surface area contributed by atoms with Gasteiger partial charge in [0.25, 0.3) is 0 Å². The molecule has 1 aromatic heterocycles. The van der Waals surface area contributed by atoms with Crippen LogP contribution in [0.3, 0.4) is 0 Å². The molecule has 0 bridgehead atoms. The van der Waals surface area contributed by atoms with Crippen LogP contribution in [0.15, 0.2) is 18.5 Å². The summed E-state index contributed by atoms with van der Waals surface area (Å²) in [6.07, 6.45) is 4.70. The van der Waals surface area contributed by atoms with Gasteiger partial charge in [-0.05, 0) is 18.4 Å². The number of aromatic nitrogens is 2. The molecule has 0 radical (unpaired) electrons. The van der Waals surface area contributed by atoms with Gasteiger partial charge < -0.3 is 10.1 Å². The second-order valence-electron chi connectivity index (χ2n) is 3.53. The first-order valence-corrected chi connectivity index (χ1v) is 4.99. The quantitative estimate of drug-likeness (QED) is 0.760. The van der Waals surface area contributed by atoms with Crippen LogP contribution in [0.5, 0.6) is 0 Å². The summed E-state index contributed by atoms with van der Waals surface area (Å²) >= 11 is 0. The van der Waals surface area contributed by atoms with Gasteiger partial charge in [-0.15, -0.1) is 0 Å². The summed E-state index contributed by atoms with van der Waals surface area (Å²) in [5.41, 5.74) is 0. The minimum Gasteiger partial charge on any atom is -0.381 e. The Morgan fingerprint density at radius 2 is 2.29 bits per heavy atom. The third kappa shape index (κ3) is 2.75. The summed E-state index contributed by atoms with van der Waals surface area (Å²) < 4.78 is 5.29. The molecular weight excluding hydrogens is 178 g/mol. The maximum Gasteiger partial charge on any atom is 0.141 e. The minimum atomic E-state index is 0.665. The summed E-state index contributed by atoms with van der Waals surface area (Å²) in [5.74, 6) is 1.52. The second-order valence-corrected chi connectivity index (χ2v) is 3.53. The standard InChI is InChI=1S/C10H15N3O/c1-3-12-10(13-4-1)7-11-6-9-2-5-14-8-9/h1,3-4,9,11H,2,5-8H2. The number of nitrogens with zero attached hydrogens (tertiary/aromatic N) is 2. The highest BCUT2D eigenvalue weighted by atomic mass is 16.5. The molecule has 4 nitrogen and oxygen atoms in total. The molecule has 0 amide bonds. The van der Waals surface area contributed by atoms with Crippen LogP contribution in [-0.2, 0) is 11.3 Å². The van der Waals surface area contributed by atoms with E-state index in [0.717, 1.165) is 32.1 Å².